The average Bonchev–Trinajstić information content (AvgIpc) is 2.80. The molecule has 0 atom stereocenters. The Labute approximate surface area is 200 Å². The van der Waals surface area contributed by atoms with E-state index in [2.05, 4.69) is 49.3 Å². The second-order valence-corrected chi connectivity index (χ2v) is 8.25. The van der Waals surface area contributed by atoms with Gasteiger partial charge in [0.05, 0.1) is 16.9 Å². The van der Waals surface area contributed by atoms with Gasteiger partial charge in [-0.3, -0.25) is 9.79 Å². The molecule has 0 bridgehead atoms. The number of hydrogen-bond acceptors (Lipinski definition) is 4. The molecule has 32 heavy (non-hydrogen) atoms. The molecule has 170 valence electrons. The summed E-state index contributed by atoms with van der Waals surface area (Å²) >= 11 is 3.57. The molecule has 1 aromatic heterocycles. The van der Waals surface area contributed by atoms with E-state index in [0.717, 1.165) is 58.3 Å². The van der Waals surface area contributed by atoms with Crippen LogP contribution in [0.25, 0.3) is 10.9 Å². The molecule has 2 heterocycles. The largest absolute Gasteiger partial charge is 0.370 e. The number of aliphatic imine (C=N–C) groups is 1. The molecule has 0 spiro atoms. The van der Waals surface area contributed by atoms with Gasteiger partial charge in [-0.05, 0) is 59.5 Å². The molecule has 1 N–H and O–H groups in total. The average molecular weight is 497 g/mol. The number of aromatic nitrogens is 1. The van der Waals surface area contributed by atoms with Crippen molar-refractivity contribution < 1.29 is 4.79 Å². The van der Waals surface area contributed by atoms with Gasteiger partial charge in [-0.15, -0.1) is 0 Å². The van der Waals surface area contributed by atoms with E-state index in [1.165, 1.54) is 0 Å². The van der Waals surface area contributed by atoms with Gasteiger partial charge in [0.1, 0.15) is 5.82 Å². The summed E-state index contributed by atoms with van der Waals surface area (Å²) in [7, 11) is 1.77. The summed E-state index contributed by atoms with van der Waals surface area (Å²) in [5.74, 6) is 0.538. The summed E-state index contributed by atoms with van der Waals surface area (Å²) in [5, 5.41) is 4.02. The van der Waals surface area contributed by atoms with E-state index in [1.54, 1.807) is 13.1 Å². The highest BCUT2D eigenvalue weighted by molar-refractivity contribution is 9.10. The Bertz CT molecular complexity index is 1030. The Morgan fingerprint density at radius 1 is 1.28 bits per heavy atom. The van der Waals surface area contributed by atoms with Gasteiger partial charge in [0.25, 0.3) is 0 Å². The van der Waals surface area contributed by atoms with Crippen LogP contribution in [-0.4, -0.2) is 41.6 Å². The first kappa shape index (κ1) is 25.5. The number of amides is 1. The first-order valence-electron chi connectivity index (χ1n) is 11.0. The van der Waals surface area contributed by atoms with Gasteiger partial charge in [0, 0.05) is 35.9 Å². The zero-order chi connectivity index (χ0) is 23.7. The van der Waals surface area contributed by atoms with E-state index in [9.17, 15) is 4.79 Å². The molecule has 6 heteroatoms. The number of likely N-dealkylation sites (tertiary alicyclic amines) is 1. The van der Waals surface area contributed by atoms with E-state index in [4.69, 9.17) is 0 Å². The number of nitrogens with one attached hydrogen (secondary N) is 1. The predicted molar refractivity (Wildman–Crippen MR) is 140 cm³/mol. The first-order valence-corrected chi connectivity index (χ1v) is 11.8. The van der Waals surface area contributed by atoms with Crippen molar-refractivity contribution in [3.8, 4) is 0 Å². The number of piperidine rings is 1. The summed E-state index contributed by atoms with van der Waals surface area (Å²) in [6.45, 7) is 15.4. The third kappa shape index (κ3) is 6.16. The lowest BCUT2D eigenvalue weighted by Gasteiger charge is -2.35. The molecule has 1 aromatic carbocycles. The maximum Gasteiger partial charge on any atom is 0.228 e. The summed E-state index contributed by atoms with van der Waals surface area (Å²) in [5.41, 5.74) is 3.66. The molecule has 0 unspecified atom stereocenters. The minimum atomic E-state index is -0.0508. The SMILES string of the molecule is C=C/C=C(\C(=NC)C(=C)C)N1CCC(C(=O)Nc2cc(Br)c3ccccc3n2)CC1.CC. The van der Waals surface area contributed by atoms with Crippen LogP contribution in [-0.2, 0) is 4.79 Å². The zero-order valence-electron chi connectivity index (χ0n) is 19.5. The third-order valence-corrected chi connectivity index (χ3v) is 5.93. The molecule has 2 aromatic rings. The number of halogens is 1. The van der Waals surface area contributed by atoms with Crippen LogP contribution in [0.15, 0.2) is 76.4 Å². The maximum absolute atomic E-state index is 12.9. The van der Waals surface area contributed by atoms with Crippen LogP contribution in [0.5, 0.6) is 0 Å². The molecule has 0 saturated carbocycles. The van der Waals surface area contributed by atoms with Crippen LogP contribution in [0, 0.1) is 5.92 Å². The summed E-state index contributed by atoms with van der Waals surface area (Å²) in [6.07, 6.45) is 5.27. The second-order valence-electron chi connectivity index (χ2n) is 7.40. The van der Waals surface area contributed by atoms with Crippen LogP contribution in [0.4, 0.5) is 5.82 Å². The topological polar surface area (TPSA) is 57.6 Å². The Hall–Kier alpha value is -2.73. The Morgan fingerprint density at radius 3 is 2.53 bits per heavy atom. The van der Waals surface area contributed by atoms with E-state index in [1.807, 2.05) is 57.2 Å². The number of para-hydroxylation sites is 1. The lowest BCUT2D eigenvalue weighted by molar-refractivity contribution is -0.121. The van der Waals surface area contributed by atoms with Crippen molar-refractivity contribution in [3.63, 3.8) is 0 Å². The second kappa shape index (κ2) is 12.3. The number of anilines is 1. The molecular formula is C26H33BrN4O. The highest BCUT2D eigenvalue weighted by Gasteiger charge is 2.27. The van der Waals surface area contributed by atoms with Crippen LogP contribution < -0.4 is 5.32 Å². The smallest absolute Gasteiger partial charge is 0.228 e. The summed E-state index contributed by atoms with van der Waals surface area (Å²) in [6, 6.07) is 9.71. The van der Waals surface area contributed by atoms with E-state index in [0.29, 0.717) is 5.82 Å². The van der Waals surface area contributed by atoms with Gasteiger partial charge in [-0.1, -0.05) is 51.3 Å². The molecule has 0 radical (unpaired) electrons. The van der Waals surface area contributed by atoms with Gasteiger partial charge in [0.15, 0.2) is 0 Å². The lowest BCUT2D eigenvalue weighted by atomic mass is 9.94. The predicted octanol–water partition coefficient (Wildman–Crippen LogP) is 6.39. The zero-order valence-corrected chi connectivity index (χ0v) is 21.1. The number of carbonyl (C=O) groups is 1. The number of nitrogens with zero attached hydrogens (tertiary/aromatic N) is 3. The van der Waals surface area contributed by atoms with Crippen LogP contribution in [0.1, 0.15) is 33.6 Å². The molecule has 5 nitrogen and oxygen atoms in total. The van der Waals surface area contributed by atoms with E-state index in [-0.39, 0.29) is 11.8 Å². The fraction of sp³-hybridized carbons (Fsp3) is 0.346. The van der Waals surface area contributed by atoms with Crippen molar-refractivity contribution >= 4 is 44.3 Å². The van der Waals surface area contributed by atoms with Crippen molar-refractivity contribution in [2.75, 3.05) is 25.5 Å². The Kier molecular flexibility index (Phi) is 9.85. The van der Waals surface area contributed by atoms with Gasteiger partial charge < -0.3 is 10.2 Å². The quantitative estimate of drug-likeness (QED) is 0.372. The molecule has 3 rings (SSSR count). The molecule has 1 amide bonds. The van der Waals surface area contributed by atoms with Gasteiger partial charge in [-0.2, -0.15) is 0 Å². The van der Waals surface area contributed by atoms with E-state index >= 15 is 0 Å². The lowest BCUT2D eigenvalue weighted by Crippen LogP contribution is -2.39. The van der Waals surface area contributed by atoms with Gasteiger partial charge in [0.2, 0.25) is 5.91 Å². The maximum atomic E-state index is 12.9. The molecule has 1 aliphatic rings. The Balaban J connectivity index is 0.00000176. The van der Waals surface area contributed by atoms with Crippen molar-refractivity contribution in [1.29, 1.82) is 0 Å². The summed E-state index contributed by atoms with van der Waals surface area (Å²) < 4.78 is 0.920. The molecule has 1 saturated heterocycles. The highest BCUT2D eigenvalue weighted by atomic mass is 79.9. The molecule has 0 aliphatic carbocycles. The number of benzene rings is 1. The van der Waals surface area contributed by atoms with Crippen LogP contribution in [0.3, 0.4) is 0 Å². The van der Waals surface area contributed by atoms with E-state index < -0.39 is 0 Å². The highest BCUT2D eigenvalue weighted by Crippen LogP contribution is 2.27. The third-order valence-electron chi connectivity index (χ3n) is 5.27. The van der Waals surface area contributed by atoms with Crippen molar-refractivity contribution in [1.82, 2.24) is 9.88 Å². The number of pyridine rings is 1. The molecule has 1 fully saturated rings. The molecule has 1 aliphatic heterocycles. The van der Waals surface area contributed by atoms with Crippen molar-refractivity contribution in [2.45, 2.75) is 33.6 Å². The summed E-state index contributed by atoms with van der Waals surface area (Å²) in [4.78, 5) is 24.1. The number of hydrogen-bond donors (Lipinski definition) is 1. The first-order chi connectivity index (χ1) is 15.4. The number of allylic oxidation sites excluding steroid dienone is 3. The fourth-order valence-corrected chi connectivity index (χ4v) is 4.33. The van der Waals surface area contributed by atoms with Crippen molar-refractivity contribution in [3.05, 3.63) is 71.4 Å². The normalized spacial score (nSPS) is 15.1. The van der Waals surface area contributed by atoms with Crippen molar-refractivity contribution in [2.24, 2.45) is 10.9 Å². The van der Waals surface area contributed by atoms with Crippen LogP contribution >= 0.6 is 15.9 Å². The standard InChI is InChI=1S/C24H27BrN4O.C2H6/c1-5-8-21(23(26-4)16(2)3)29-13-11-17(12-14-29)24(30)28-22-15-19(25)18-9-6-7-10-20(18)27-22;1-2/h5-10,15,17H,1-2,11-14H2,3-4H3,(H,27,28,30);1-2H3/b21-8+,26-23?;. The fourth-order valence-electron chi connectivity index (χ4n) is 3.78. The number of carbonyl (C=O) groups excluding carboxylic acids is 1. The number of fused-ring (bicyclic) bond motifs is 1. The van der Waals surface area contributed by atoms with Gasteiger partial charge in [-0.25, -0.2) is 4.98 Å². The van der Waals surface area contributed by atoms with Gasteiger partial charge >= 0.3 is 0 Å². The minimum Gasteiger partial charge on any atom is -0.370 e. The monoisotopic (exact) mass is 496 g/mol. The minimum absolute atomic E-state index is 0.0165. The number of rotatable bonds is 6. The Morgan fingerprint density at radius 2 is 1.94 bits per heavy atom. The molecular weight excluding hydrogens is 464 g/mol. The van der Waals surface area contributed by atoms with Crippen LogP contribution in [0.2, 0.25) is 0 Å².